The van der Waals surface area contributed by atoms with Crippen LogP contribution in [0.3, 0.4) is 0 Å². The largest absolute Gasteiger partial charge is 0.393 e. The number of unbranched alkanes of at least 4 members (excludes halogenated alkanes) is 13. The quantitative estimate of drug-likeness (QED) is 0.217. The lowest BCUT2D eigenvalue weighted by Crippen LogP contribution is -2.05. The van der Waals surface area contributed by atoms with Crippen LogP contribution in [0.1, 0.15) is 116 Å². The van der Waals surface area contributed by atoms with Gasteiger partial charge in [0.15, 0.2) is 0 Å². The van der Waals surface area contributed by atoms with Crippen LogP contribution in [0.5, 0.6) is 0 Å². The molecule has 0 aliphatic heterocycles. The Kier molecular flexibility index (Phi) is 17.2. The van der Waals surface area contributed by atoms with Crippen molar-refractivity contribution < 1.29 is 18.1 Å². The fourth-order valence-electron chi connectivity index (χ4n) is 3.21. The summed E-state index contributed by atoms with van der Waals surface area (Å²) in [6, 6.07) is 0. The first-order valence-corrected chi connectivity index (χ1v) is 12.2. The summed E-state index contributed by atoms with van der Waals surface area (Å²) in [7, 11) is -3.76. The molecule has 1 unspecified atom stereocenters. The fourth-order valence-corrected chi connectivity index (χ4v) is 3.78. The molecule has 1 atom stereocenters. The van der Waals surface area contributed by atoms with Crippen molar-refractivity contribution >= 4 is 10.1 Å². The third kappa shape index (κ3) is 21.8. The Morgan fingerprint density at radius 3 is 1.40 bits per heavy atom. The summed E-state index contributed by atoms with van der Waals surface area (Å²) in [5.41, 5.74) is 0. The highest BCUT2D eigenvalue weighted by Crippen LogP contribution is 2.14. The second kappa shape index (κ2) is 17.3. The molecule has 0 aliphatic rings. The standard InChI is InChI=1S/C20H42O4S/c1-2-3-14-17-20(21)18-15-12-10-8-6-4-5-7-9-11-13-16-19-25(22,23)24/h20-21H,2-19H2,1H3,(H,22,23,24). The topological polar surface area (TPSA) is 74.6 Å². The lowest BCUT2D eigenvalue weighted by molar-refractivity contribution is 0.147. The molecule has 0 amide bonds. The van der Waals surface area contributed by atoms with Gasteiger partial charge < -0.3 is 5.11 Å². The highest BCUT2D eigenvalue weighted by molar-refractivity contribution is 7.85. The van der Waals surface area contributed by atoms with E-state index in [4.69, 9.17) is 4.55 Å². The van der Waals surface area contributed by atoms with Crippen molar-refractivity contribution in [3.63, 3.8) is 0 Å². The van der Waals surface area contributed by atoms with Crippen LogP contribution in [0.4, 0.5) is 0 Å². The molecule has 0 radical (unpaired) electrons. The Morgan fingerprint density at radius 1 is 0.640 bits per heavy atom. The summed E-state index contributed by atoms with van der Waals surface area (Å²) in [4.78, 5) is 0. The molecule has 0 spiro atoms. The van der Waals surface area contributed by atoms with Crippen molar-refractivity contribution in [3.8, 4) is 0 Å². The summed E-state index contributed by atoms with van der Waals surface area (Å²) in [5, 5.41) is 9.85. The minimum Gasteiger partial charge on any atom is -0.393 e. The van der Waals surface area contributed by atoms with Crippen LogP contribution in [-0.4, -0.2) is 29.9 Å². The molecule has 0 aromatic carbocycles. The van der Waals surface area contributed by atoms with Crippen LogP contribution in [0.25, 0.3) is 0 Å². The summed E-state index contributed by atoms with van der Waals surface area (Å²) in [6.07, 6.45) is 19.3. The van der Waals surface area contributed by atoms with Crippen LogP contribution < -0.4 is 0 Å². The van der Waals surface area contributed by atoms with E-state index in [0.29, 0.717) is 6.42 Å². The van der Waals surface area contributed by atoms with Crippen molar-refractivity contribution in [1.29, 1.82) is 0 Å². The summed E-state index contributed by atoms with van der Waals surface area (Å²) < 4.78 is 29.8. The third-order valence-corrected chi connectivity index (χ3v) is 5.64. The van der Waals surface area contributed by atoms with E-state index in [1.807, 2.05) is 0 Å². The highest BCUT2D eigenvalue weighted by atomic mass is 32.2. The average Bonchev–Trinajstić information content (AvgIpc) is 2.54. The predicted octanol–water partition coefficient (Wildman–Crippen LogP) is 5.89. The molecule has 25 heavy (non-hydrogen) atoms. The molecule has 0 aromatic rings. The number of hydrogen-bond acceptors (Lipinski definition) is 3. The van der Waals surface area contributed by atoms with Crippen LogP contribution in [-0.2, 0) is 10.1 Å². The monoisotopic (exact) mass is 378 g/mol. The molecular weight excluding hydrogens is 336 g/mol. The molecule has 5 heteroatoms. The molecule has 0 aromatic heterocycles. The molecule has 0 saturated carbocycles. The molecule has 0 heterocycles. The van der Waals surface area contributed by atoms with Gasteiger partial charge in [0.2, 0.25) is 0 Å². The normalized spacial score (nSPS) is 13.2. The van der Waals surface area contributed by atoms with E-state index in [1.54, 1.807) is 0 Å². The summed E-state index contributed by atoms with van der Waals surface area (Å²) >= 11 is 0. The van der Waals surface area contributed by atoms with Gasteiger partial charge in [0.05, 0.1) is 11.9 Å². The lowest BCUT2D eigenvalue weighted by atomic mass is 10.0. The van der Waals surface area contributed by atoms with E-state index in [1.165, 1.54) is 64.2 Å². The van der Waals surface area contributed by atoms with E-state index < -0.39 is 10.1 Å². The Hall–Kier alpha value is -0.130. The van der Waals surface area contributed by atoms with Crippen molar-refractivity contribution in [3.05, 3.63) is 0 Å². The SMILES string of the molecule is CCCCCC(O)CCCCCCCCCCCCCCS(=O)(=O)O. The predicted molar refractivity (Wildman–Crippen MR) is 107 cm³/mol. The number of aliphatic hydroxyl groups excluding tert-OH is 1. The van der Waals surface area contributed by atoms with Gasteiger partial charge >= 0.3 is 0 Å². The Labute approximate surface area is 156 Å². The smallest absolute Gasteiger partial charge is 0.264 e. The molecule has 0 bridgehead atoms. The van der Waals surface area contributed by atoms with E-state index in [9.17, 15) is 13.5 Å². The second-order valence-corrected chi connectivity index (χ2v) is 9.04. The lowest BCUT2D eigenvalue weighted by Gasteiger charge is -2.09. The van der Waals surface area contributed by atoms with Gasteiger partial charge in [0.1, 0.15) is 0 Å². The van der Waals surface area contributed by atoms with Gasteiger partial charge in [-0.25, -0.2) is 0 Å². The zero-order valence-corrected chi connectivity index (χ0v) is 17.2. The van der Waals surface area contributed by atoms with Crippen LogP contribution in [0.2, 0.25) is 0 Å². The van der Waals surface area contributed by atoms with E-state index >= 15 is 0 Å². The van der Waals surface area contributed by atoms with E-state index in [2.05, 4.69) is 6.92 Å². The van der Waals surface area contributed by atoms with Gasteiger partial charge in [-0.05, 0) is 19.3 Å². The van der Waals surface area contributed by atoms with Crippen molar-refractivity contribution in [2.75, 3.05) is 5.75 Å². The minimum atomic E-state index is -3.76. The zero-order valence-electron chi connectivity index (χ0n) is 16.4. The Balaban J connectivity index is 3.14. The zero-order chi connectivity index (χ0) is 18.8. The molecule has 2 N–H and O–H groups in total. The molecule has 0 aliphatic carbocycles. The van der Waals surface area contributed by atoms with Gasteiger partial charge in [-0.15, -0.1) is 0 Å². The maximum absolute atomic E-state index is 10.6. The molecule has 0 saturated heterocycles. The van der Waals surface area contributed by atoms with Crippen molar-refractivity contribution in [1.82, 2.24) is 0 Å². The number of hydrogen-bond donors (Lipinski definition) is 2. The average molecular weight is 379 g/mol. The van der Waals surface area contributed by atoms with Gasteiger partial charge in [-0.3, -0.25) is 4.55 Å². The van der Waals surface area contributed by atoms with Crippen LogP contribution in [0.15, 0.2) is 0 Å². The first-order chi connectivity index (χ1) is 12.0. The van der Waals surface area contributed by atoms with Gasteiger partial charge in [-0.1, -0.05) is 96.8 Å². The van der Waals surface area contributed by atoms with Crippen molar-refractivity contribution in [2.45, 2.75) is 122 Å². The molecule has 0 fully saturated rings. The van der Waals surface area contributed by atoms with Gasteiger partial charge in [0, 0.05) is 0 Å². The first kappa shape index (κ1) is 24.9. The van der Waals surface area contributed by atoms with Crippen LogP contribution >= 0.6 is 0 Å². The molecule has 152 valence electrons. The van der Waals surface area contributed by atoms with Crippen molar-refractivity contribution in [2.24, 2.45) is 0 Å². The maximum Gasteiger partial charge on any atom is 0.264 e. The van der Waals surface area contributed by atoms with E-state index in [0.717, 1.165) is 38.5 Å². The Bertz CT molecular complexity index is 368. The fraction of sp³-hybridized carbons (Fsp3) is 1.00. The molecular formula is C20H42O4S. The summed E-state index contributed by atoms with van der Waals surface area (Å²) in [6.45, 7) is 2.19. The second-order valence-electron chi connectivity index (χ2n) is 7.47. The highest BCUT2D eigenvalue weighted by Gasteiger charge is 2.04. The third-order valence-electron chi connectivity index (χ3n) is 4.83. The minimum absolute atomic E-state index is 0.0796. The molecule has 0 rings (SSSR count). The van der Waals surface area contributed by atoms with Crippen LogP contribution in [0, 0.1) is 0 Å². The van der Waals surface area contributed by atoms with E-state index in [-0.39, 0.29) is 11.9 Å². The van der Waals surface area contributed by atoms with Gasteiger partial charge in [-0.2, -0.15) is 8.42 Å². The molecule has 4 nitrogen and oxygen atoms in total. The maximum atomic E-state index is 10.6. The first-order valence-electron chi connectivity index (χ1n) is 10.6. The van der Waals surface area contributed by atoms with Gasteiger partial charge in [0.25, 0.3) is 10.1 Å². The summed E-state index contributed by atoms with van der Waals surface area (Å²) in [5.74, 6) is -0.0945. The number of rotatable bonds is 19. The Morgan fingerprint density at radius 2 is 1.00 bits per heavy atom. The number of aliphatic hydroxyl groups is 1.